The topological polar surface area (TPSA) is 83.3 Å². The molecule has 0 amide bonds. The van der Waals surface area contributed by atoms with Crippen LogP contribution in [-0.4, -0.2) is 45.1 Å². The second kappa shape index (κ2) is 8.39. The van der Waals surface area contributed by atoms with Gasteiger partial charge in [0.1, 0.15) is 5.82 Å². The van der Waals surface area contributed by atoms with Crippen LogP contribution in [0.15, 0.2) is 28.5 Å². The number of hydrogen-bond acceptors (Lipinski definition) is 7. The summed E-state index contributed by atoms with van der Waals surface area (Å²) in [6.45, 7) is 1.74. The average Bonchev–Trinajstić information content (AvgIpc) is 3.21. The Hall–Kier alpha value is -1.93. The first-order chi connectivity index (χ1) is 13.2. The highest BCUT2D eigenvalue weighted by Gasteiger charge is 2.28. The number of thiazole rings is 1. The van der Waals surface area contributed by atoms with Gasteiger partial charge in [-0.1, -0.05) is 12.8 Å². The van der Waals surface area contributed by atoms with E-state index in [4.69, 9.17) is 5.10 Å². The van der Waals surface area contributed by atoms with E-state index in [1.54, 1.807) is 23.6 Å². The molecule has 1 saturated carbocycles. The predicted molar refractivity (Wildman–Crippen MR) is 108 cm³/mol. The van der Waals surface area contributed by atoms with Gasteiger partial charge >= 0.3 is 0 Å². The molecule has 3 atom stereocenters. The van der Waals surface area contributed by atoms with E-state index in [1.807, 2.05) is 11.4 Å². The van der Waals surface area contributed by atoms with Crippen LogP contribution in [0.4, 0.5) is 10.9 Å². The molecule has 2 fully saturated rings. The first kappa shape index (κ1) is 18.4. The summed E-state index contributed by atoms with van der Waals surface area (Å²) < 4.78 is 1.53. The molecule has 0 aromatic carbocycles. The molecule has 3 heterocycles. The quantitative estimate of drug-likeness (QED) is 0.818. The fourth-order valence-electron chi connectivity index (χ4n) is 4.21. The number of piperidine rings is 1. The van der Waals surface area contributed by atoms with Crippen molar-refractivity contribution in [3.63, 3.8) is 0 Å². The number of rotatable bonds is 5. The minimum Gasteiger partial charge on any atom is -0.391 e. The summed E-state index contributed by atoms with van der Waals surface area (Å²) in [5.41, 5.74) is -0.126. The Balaban J connectivity index is 1.54. The number of aliphatic hydroxyl groups excluding tert-OH is 1. The maximum atomic E-state index is 12.4. The Kier molecular flexibility index (Phi) is 5.73. The number of hydrogen-bond donors (Lipinski definition) is 2. The summed E-state index contributed by atoms with van der Waals surface area (Å²) in [7, 11) is 0. The van der Waals surface area contributed by atoms with Gasteiger partial charge in [-0.3, -0.25) is 4.79 Å². The van der Waals surface area contributed by atoms with Crippen molar-refractivity contribution in [2.45, 2.75) is 63.1 Å². The van der Waals surface area contributed by atoms with Crippen LogP contribution in [0, 0.1) is 0 Å². The highest BCUT2D eigenvalue weighted by molar-refractivity contribution is 7.13. The number of aliphatic hydroxyl groups is 1. The first-order valence-corrected chi connectivity index (χ1v) is 10.8. The Morgan fingerprint density at radius 2 is 2.04 bits per heavy atom. The highest BCUT2D eigenvalue weighted by Crippen LogP contribution is 2.28. The van der Waals surface area contributed by atoms with Crippen molar-refractivity contribution in [3.8, 4) is 0 Å². The summed E-state index contributed by atoms with van der Waals surface area (Å²) in [6.07, 6.45) is 8.33. The standard InChI is InChI=1S/C19H27N5O2S/c25-16-7-2-1-6-15(16)24-18(26)9-8-17(22-24)23-11-4-3-5-14(23)13-21-19-20-10-12-27-19/h8-10,12,14-16,25H,1-7,11,13H2,(H,20,21). The predicted octanol–water partition coefficient (Wildman–Crippen LogP) is 2.65. The monoisotopic (exact) mass is 389 g/mol. The van der Waals surface area contributed by atoms with Gasteiger partial charge in [-0.15, -0.1) is 11.3 Å². The molecule has 4 rings (SSSR count). The largest absolute Gasteiger partial charge is 0.391 e. The molecule has 27 heavy (non-hydrogen) atoms. The SMILES string of the molecule is O=c1ccc(N2CCCCC2CNc2nccs2)nn1C1CCCCC1O. The molecule has 2 aromatic heterocycles. The molecule has 146 valence electrons. The maximum Gasteiger partial charge on any atom is 0.267 e. The third-order valence-electron chi connectivity index (χ3n) is 5.66. The van der Waals surface area contributed by atoms with E-state index >= 15 is 0 Å². The number of nitrogens with zero attached hydrogens (tertiary/aromatic N) is 4. The van der Waals surface area contributed by atoms with E-state index < -0.39 is 6.10 Å². The van der Waals surface area contributed by atoms with Gasteiger partial charge in [-0.2, -0.15) is 5.10 Å². The fourth-order valence-corrected chi connectivity index (χ4v) is 4.75. The van der Waals surface area contributed by atoms with Crippen molar-refractivity contribution >= 4 is 22.3 Å². The second-order valence-corrected chi connectivity index (χ2v) is 8.35. The van der Waals surface area contributed by atoms with E-state index in [-0.39, 0.29) is 11.6 Å². The Morgan fingerprint density at radius 3 is 2.85 bits per heavy atom. The maximum absolute atomic E-state index is 12.4. The Labute approximate surface area is 163 Å². The van der Waals surface area contributed by atoms with Gasteiger partial charge in [0.2, 0.25) is 0 Å². The molecule has 0 bridgehead atoms. The zero-order chi connectivity index (χ0) is 18.6. The average molecular weight is 390 g/mol. The van der Waals surface area contributed by atoms with Crippen LogP contribution in [0.25, 0.3) is 0 Å². The molecule has 8 heteroatoms. The molecule has 3 unspecified atom stereocenters. The van der Waals surface area contributed by atoms with Crippen molar-refractivity contribution in [2.24, 2.45) is 0 Å². The lowest BCUT2D eigenvalue weighted by atomic mass is 9.93. The normalized spacial score (nSPS) is 26.1. The van der Waals surface area contributed by atoms with Crippen LogP contribution >= 0.6 is 11.3 Å². The fraction of sp³-hybridized carbons (Fsp3) is 0.632. The molecule has 2 aromatic rings. The molecule has 1 saturated heterocycles. The molecule has 1 aliphatic carbocycles. The molecule has 2 aliphatic rings. The van der Waals surface area contributed by atoms with E-state index in [0.717, 1.165) is 62.6 Å². The summed E-state index contributed by atoms with van der Waals surface area (Å²) in [4.78, 5) is 19.0. The first-order valence-electron chi connectivity index (χ1n) is 9.90. The third-order valence-corrected chi connectivity index (χ3v) is 6.39. The van der Waals surface area contributed by atoms with Gasteiger partial charge in [-0.05, 0) is 38.2 Å². The Morgan fingerprint density at radius 1 is 1.19 bits per heavy atom. The van der Waals surface area contributed by atoms with E-state index in [1.165, 1.54) is 11.1 Å². The van der Waals surface area contributed by atoms with Crippen LogP contribution in [0.1, 0.15) is 51.0 Å². The van der Waals surface area contributed by atoms with Crippen LogP contribution in [0.3, 0.4) is 0 Å². The lowest BCUT2D eigenvalue weighted by Gasteiger charge is -2.37. The lowest BCUT2D eigenvalue weighted by Crippen LogP contribution is -2.45. The molecule has 0 radical (unpaired) electrons. The number of aromatic nitrogens is 3. The molecular formula is C19H27N5O2S. The van der Waals surface area contributed by atoms with Crippen LogP contribution in [0.5, 0.6) is 0 Å². The zero-order valence-corrected chi connectivity index (χ0v) is 16.3. The van der Waals surface area contributed by atoms with Gasteiger partial charge in [-0.25, -0.2) is 9.67 Å². The molecule has 1 aliphatic heterocycles. The van der Waals surface area contributed by atoms with Crippen LogP contribution < -0.4 is 15.8 Å². The minimum absolute atomic E-state index is 0.126. The molecular weight excluding hydrogens is 362 g/mol. The van der Waals surface area contributed by atoms with Crippen molar-refractivity contribution in [2.75, 3.05) is 23.3 Å². The van der Waals surface area contributed by atoms with Crippen molar-refractivity contribution in [3.05, 3.63) is 34.1 Å². The number of anilines is 2. The van der Waals surface area contributed by atoms with Crippen LogP contribution in [-0.2, 0) is 0 Å². The molecule has 2 N–H and O–H groups in total. The van der Waals surface area contributed by atoms with Gasteiger partial charge in [0, 0.05) is 36.8 Å². The van der Waals surface area contributed by atoms with Crippen molar-refractivity contribution in [1.82, 2.24) is 14.8 Å². The Bertz CT molecular complexity index is 794. The van der Waals surface area contributed by atoms with Crippen molar-refractivity contribution in [1.29, 1.82) is 0 Å². The smallest absolute Gasteiger partial charge is 0.267 e. The van der Waals surface area contributed by atoms with E-state index in [2.05, 4.69) is 15.2 Å². The zero-order valence-electron chi connectivity index (χ0n) is 15.5. The summed E-state index contributed by atoms with van der Waals surface area (Å²) >= 11 is 1.60. The summed E-state index contributed by atoms with van der Waals surface area (Å²) in [5, 5.41) is 21.4. The van der Waals surface area contributed by atoms with Gasteiger partial charge in [0.25, 0.3) is 5.56 Å². The lowest BCUT2D eigenvalue weighted by molar-refractivity contribution is 0.0669. The number of nitrogens with one attached hydrogen (secondary N) is 1. The van der Waals surface area contributed by atoms with Crippen LogP contribution in [0.2, 0.25) is 0 Å². The van der Waals surface area contributed by atoms with Crippen molar-refractivity contribution < 1.29 is 5.11 Å². The second-order valence-electron chi connectivity index (χ2n) is 7.45. The molecule has 7 nitrogen and oxygen atoms in total. The van der Waals surface area contributed by atoms with Gasteiger partial charge < -0.3 is 15.3 Å². The summed E-state index contributed by atoms with van der Waals surface area (Å²) in [6, 6.07) is 3.54. The van der Waals surface area contributed by atoms with Gasteiger partial charge in [0.05, 0.1) is 12.1 Å². The summed E-state index contributed by atoms with van der Waals surface area (Å²) in [5.74, 6) is 0.831. The van der Waals surface area contributed by atoms with E-state index in [9.17, 15) is 9.90 Å². The third kappa shape index (κ3) is 4.16. The van der Waals surface area contributed by atoms with Gasteiger partial charge in [0.15, 0.2) is 5.13 Å². The molecule has 0 spiro atoms. The highest BCUT2D eigenvalue weighted by atomic mass is 32.1. The van der Waals surface area contributed by atoms with E-state index in [0.29, 0.717) is 6.04 Å². The minimum atomic E-state index is -0.483.